The minimum Gasteiger partial charge on any atom is -0.373 e. The molecule has 0 spiro atoms. The molecule has 10 heavy (non-hydrogen) atoms. The Morgan fingerprint density at radius 2 is 2.00 bits per heavy atom. The van der Waals surface area contributed by atoms with Crippen molar-refractivity contribution in [2.45, 2.75) is 26.9 Å². The van der Waals surface area contributed by atoms with Crippen LogP contribution in [0, 0.1) is 17.8 Å². The van der Waals surface area contributed by atoms with Gasteiger partial charge in [0.25, 0.3) is 0 Å². The van der Waals surface area contributed by atoms with Gasteiger partial charge < -0.3 is 5.11 Å². The maximum Gasteiger partial charge on any atom is 0.178 e. The lowest BCUT2D eigenvalue weighted by Gasteiger charge is -2.17. The molecule has 56 valence electrons. The van der Waals surface area contributed by atoms with E-state index in [1.807, 2.05) is 5.92 Å². The Bertz CT molecular complexity index is 169. The first kappa shape index (κ1) is 9.19. The summed E-state index contributed by atoms with van der Waals surface area (Å²) in [4.78, 5) is 11.0. The SMILES string of the molecule is C#CC(O)C(=O)C(C)(C)C. The second kappa shape index (κ2) is 2.85. The van der Waals surface area contributed by atoms with Crippen molar-refractivity contribution >= 4 is 5.78 Å². The smallest absolute Gasteiger partial charge is 0.178 e. The first-order valence-corrected chi connectivity index (χ1v) is 3.08. The van der Waals surface area contributed by atoms with E-state index in [1.165, 1.54) is 0 Å². The van der Waals surface area contributed by atoms with E-state index in [9.17, 15) is 4.79 Å². The van der Waals surface area contributed by atoms with Crippen molar-refractivity contribution in [2.75, 3.05) is 0 Å². The summed E-state index contributed by atoms with van der Waals surface area (Å²) >= 11 is 0. The Labute approximate surface area is 61.2 Å². The van der Waals surface area contributed by atoms with Gasteiger partial charge in [-0.15, -0.1) is 6.42 Å². The number of Topliss-reactive ketones (excluding diaryl/α,β-unsaturated/α-hetero) is 1. The number of aliphatic hydroxyl groups excluding tert-OH is 1. The van der Waals surface area contributed by atoms with Gasteiger partial charge in [0, 0.05) is 5.41 Å². The van der Waals surface area contributed by atoms with Crippen LogP contribution in [0.4, 0.5) is 0 Å². The topological polar surface area (TPSA) is 37.3 Å². The summed E-state index contributed by atoms with van der Waals surface area (Å²) < 4.78 is 0. The van der Waals surface area contributed by atoms with E-state index in [0.29, 0.717) is 0 Å². The molecule has 0 aliphatic heterocycles. The molecular formula is C8H12O2. The molecule has 0 aliphatic carbocycles. The summed E-state index contributed by atoms with van der Waals surface area (Å²) in [6, 6.07) is 0. The summed E-state index contributed by atoms with van der Waals surface area (Å²) in [7, 11) is 0. The summed E-state index contributed by atoms with van der Waals surface area (Å²) in [5.41, 5.74) is -0.550. The van der Waals surface area contributed by atoms with Gasteiger partial charge in [-0.1, -0.05) is 26.7 Å². The van der Waals surface area contributed by atoms with E-state index in [2.05, 4.69) is 0 Å². The molecule has 0 heterocycles. The van der Waals surface area contributed by atoms with Crippen LogP contribution in [0.25, 0.3) is 0 Å². The quantitative estimate of drug-likeness (QED) is 0.541. The fraction of sp³-hybridized carbons (Fsp3) is 0.625. The maximum atomic E-state index is 11.0. The summed E-state index contributed by atoms with van der Waals surface area (Å²) in [5, 5.41) is 8.88. The number of hydrogen-bond donors (Lipinski definition) is 1. The average Bonchev–Trinajstić information content (AvgIpc) is 1.83. The van der Waals surface area contributed by atoms with Crippen molar-refractivity contribution in [3.63, 3.8) is 0 Å². The molecule has 0 rings (SSSR count). The monoisotopic (exact) mass is 140 g/mol. The van der Waals surface area contributed by atoms with Gasteiger partial charge in [-0.05, 0) is 0 Å². The van der Waals surface area contributed by atoms with Crippen LogP contribution in [0.15, 0.2) is 0 Å². The van der Waals surface area contributed by atoms with E-state index < -0.39 is 11.5 Å². The van der Waals surface area contributed by atoms with Gasteiger partial charge in [0.1, 0.15) is 0 Å². The lowest BCUT2D eigenvalue weighted by molar-refractivity contribution is -0.132. The largest absolute Gasteiger partial charge is 0.373 e. The van der Waals surface area contributed by atoms with Gasteiger partial charge in [-0.25, -0.2) is 0 Å². The lowest BCUT2D eigenvalue weighted by atomic mass is 9.88. The molecule has 0 aromatic rings. The minimum atomic E-state index is -1.25. The second-order valence-corrected chi connectivity index (χ2v) is 3.18. The average molecular weight is 140 g/mol. The Hall–Kier alpha value is -0.810. The molecule has 1 unspecified atom stereocenters. The van der Waals surface area contributed by atoms with Crippen molar-refractivity contribution in [1.82, 2.24) is 0 Å². The molecule has 0 fully saturated rings. The molecule has 0 aromatic carbocycles. The van der Waals surface area contributed by atoms with Crippen molar-refractivity contribution in [3.05, 3.63) is 0 Å². The molecule has 0 amide bonds. The number of ketones is 1. The van der Waals surface area contributed by atoms with Crippen LogP contribution < -0.4 is 0 Å². The van der Waals surface area contributed by atoms with Gasteiger partial charge >= 0.3 is 0 Å². The van der Waals surface area contributed by atoms with Crippen molar-refractivity contribution in [2.24, 2.45) is 5.41 Å². The zero-order valence-electron chi connectivity index (χ0n) is 6.51. The van der Waals surface area contributed by atoms with Crippen LogP contribution >= 0.6 is 0 Å². The zero-order valence-corrected chi connectivity index (χ0v) is 6.51. The Morgan fingerprint density at radius 3 is 2.10 bits per heavy atom. The molecule has 0 aromatic heterocycles. The highest BCUT2D eigenvalue weighted by Crippen LogP contribution is 2.16. The third kappa shape index (κ3) is 2.20. The van der Waals surface area contributed by atoms with E-state index >= 15 is 0 Å². The first-order valence-electron chi connectivity index (χ1n) is 3.08. The van der Waals surface area contributed by atoms with E-state index in [0.717, 1.165) is 0 Å². The number of carbonyl (C=O) groups is 1. The Balaban J connectivity index is 4.27. The molecule has 0 radical (unpaired) electrons. The molecule has 1 N–H and O–H groups in total. The fourth-order valence-corrected chi connectivity index (χ4v) is 0.486. The maximum absolute atomic E-state index is 11.0. The van der Waals surface area contributed by atoms with Crippen LogP contribution in [-0.2, 0) is 4.79 Å². The molecule has 2 nitrogen and oxygen atoms in total. The highest BCUT2D eigenvalue weighted by Gasteiger charge is 2.26. The highest BCUT2D eigenvalue weighted by molar-refractivity contribution is 5.90. The molecular weight excluding hydrogens is 128 g/mol. The third-order valence-electron chi connectivity index (χ3n) is 1.15. The first-order chi connectivity index (χ1) is 4.39. The lowest BCUT2D eigenvalue weighted by Crippen LogP contribution is -2.31. The molecule has 0 aliphatic rings. The number of hydrogen-bond acceptors (Lipinski definition) is 2. The number of aliphatic hydroxyl groups is 1. The van der Waals surface area contributed by atoms with Gasteiger partial charge in [-0.3, -0.25) is 4.79 Å². The fourth-order valence-electron chi connectivity index (χ4n) is 0.486. The third-order valence-corrected chi connectivity index (χ3v) is 1.15. The summed E-state index contributed by atoms with van der Waals surface area (Å²) in [6.45, 7) is 5.15. The number of carbonyl (C=O) groups excluding carboxylic acids is 1. The van der Waals surface area contributed by atoms with Crippen molar-refractivity contribution in [1.29, 1.82) is 0 Å². The predicted molar refractivity (Wildman–Crippen MR) is 39.3 cm³/mol. The van der Waals surface area contributed by atoms with Gasteiger partial charge in [0.2, 0.25) is 0 Å². The van der Waals surface area contributed by atoms with Crippen LogP contribution in [-0.4, -0.2) is 17.0 Å². The van der Waals surface area contributed by atoms with Crippen molar-refractivity contribution < 1.29 is 9.90 Å². The normalized spacial score (nSPS) is 13.9. The van der Waals surface area contributed by atoms with E-state index in [-0.39, 0.29) is 5.78 Å². The second-order valence-electron chi connectivity index (χ2n) is 3.18. The minimum absolute atomic E-state index is 0.310. The predicted octanol–water partition coefficient (Wildman–Crippen LogP) is 0.596. The Kier molecular flexibility index (Phi) is 2.62. The zero-order chi connectivity index (χ0) is 8.36. The van der Waals surface area contributed by atoms with Gasteiger partial charge in [0.15, 0.2) is 11.9 Å². The highest BCUT2D eigenvalue weighted by atomic mass is 16.3. The summed E-state index contributed by atoms with van der Waals surface area (Å²) in [6.07, 6.45) is 3.60. The van der Waals surface area contributed by atoms with Gasteiger partial charge in [-0.2, -0.15) is 0 Å². The summed E-state index contributed by atoms with van der Waals surface area (Å²) in [5.74, 6) is 1.67. The molecule has 0 saturated heterocycles. The number of terminal acetylenes is 1. The van der Waals surface area contributed by atoms with Crippen LogP contribution in [0.5, 0.6) is 0 Å². The molecule has 0 bridgehead atoms. The van der Waals surface area contributed by atoms with Crippen LogP contribution in [0.3, 0.4) is 0 Å². The van der Waals surface area contributed by atoms with E-state index in [4.69, 9.17) is 11.5 Å². The molecule has 1 atom stereocenters. The molecule has 2 heteroatoms. The van der Waals surface area contributed by atoms with Gasteiger partial charge in [0.05, 0.1) is 0 Å². The van der Waals surface area contributed by atoms with Crippen LogP contribution in [0.1, 0.15) is 20.8 Å². The number of rotatable bonds is 1. The van der Waals surface area contributed by atoms with Crippen molar-refractivity contribution in [3.8, 4) is 12.3 Å². The van der Waals surface area contributed by atoms with E-state index in [1.54, 1.807) is 20.8 Å². The van der Waals surface area contributed by atoms with Crippen LogP contribution in [0.2, 0.25) is 0 Å². The Morgan fingerprint density at radius 1 is 1.60 bits per heavy atom. The standard InChI is InChI=1S/C8H12O2/c1-5-6(9)7(10)8(2,3)4/h1,6,9H,2-4H3. The molecule has 0 saturated carbocycles.